The molecule has 0 radical (unpaired) electrons. The van der Waals surface area contributed by atoms with Crippen LogP contribution in [-0.4, -0.2) is 12.3 Å². The van der Waals surface area contributed by atoms with E-state index in [-0.39, 0.29) is 5.78 Å². The van der Waals surface area contributed by atoms with Crippen LogP contribution in [0.25, 0.3) is 0 Å². The fourth-order valence-corrected chi connectivity index (χ4v) is 1.77. The van der Waals surface area contributed by atoms with Gasteiger partial charge in [0.05, 0.1) is 5.02 Å². The molecule has 0 unspecified atom stereocenters. The third-order valence-corrected chi connectivity index (χ3v) is 3.14. The summed E-state index contributed by atoms with van der Waals surface area (Å²) in [5, 5.41) is 0.617. The van der Waals surface area contributed by atoms with Crippen molar-refractivity contribution in [2.24, 2.45) is 5.73 Å². The first-order valence-corrected chi connectivity index (χ1v) is 5.42. The Balaban J connectivity index is 3.09. The highest BCUT2D eigenvalue weighted by Crippen LogP contribution is 2.26. The van der Waals surface area contributed by atoms with Crippen LogP contribution in [0.1, 0.15) is 22.3 Å². The van der Waals surface area contributed by atoms with E-state index in [9.17, 15) is 4.79 Å². The molecule has 0 bridgehead atoms. The molecule has 0 heterocycles. The van der Waals surface area contributed by atoms with Crippen LogP contribution in [0.2, 0.25) is 5.02 Å². The van der Waals surface area contributed by atoms with Gasteiger partial charge in [-0.25, -0.2) is 0 Å². The fourth-order valence-electron chi connectivity index (χ4n) is 1.21. The predicted molar refractivity (Wildman–Crippen MR) is 61.9 cm³/mol. The lowest BCUT2D eigenvalue weighted by Crippen LogP contribution is -2.09. The smallest absolute Gasteiger partial charge is 0.164 e. The Morgan fingerprint density at radius 3 is 2.79 bits per heavy atom. The lowest BCUT2D eigenvalue weighted by molar-refractivity contribution is 0.0985. The summed E-state index contributed by atoms with van der Waals surface area (Å²) in [6.45, 7) is 2.24. The van der Waals surface area contributed by atoms with Crippen molar-refractivity contribution in [3.8, 4) is 0 Å². The second-order valence-electron chi connectivity index (χ2n) is 3.04. The highest BCUT2D eigenvalue weighted by molar-refractivity contribution is 9.10. The van der Waals surface area contributed by atoms with Gasteiger partial charge in [0, 0.05) is 16.5 Å². The van der Waals surface area contributed by atoms with Crippen LogP contribution in [0.15, 0.2) is 16.6 Å². The number of nitrogens with two attached hydrogens (primary N) is 1. The molecular weight excluding hydrogens is 265 g/mol. The topological polar surface area (TPSA) is 43.1 Å². The maximum atomic E-state index is 11.6. The molecule has 2 N–H and O–H groups in total. The molecule has 0 atom stereocenters. The lowest BCUT2D eigenvalue weighted by Gasteiger charge is -2.06. The summed E-state index contributed by atoms with van der Waals surface area (Å²) >= 11 is 9.17. The first-order valence-electron chi connectivity index (χ1n) is 4.25. The van der Waals surface area contributed by atoms with Gasteiger partial charge in [-0.2, -0.15) is 0 Å². The van der Waals surface area contributed by atoms with Gasteiger partial charge >= 0.3 is 0 Å². The molecule has 2 nitrogen and oxygen atoms in total. The molecule has 0 saturated carbocycles. The van der Waals surface area contributed by atoms with Gasteiger partial charge < -0.3 is 5.73 Å². The number of carbonyl (C=O) groups excluding carboxylic acids is 1. The van der Waals surface area contributed by atoms with E-state index in [1.54, 1.807) is 12.1 Å². The van der Waals surface area contributed by atoms with Gasteiger partial charge in [-0.3, -0.25) is 4.79 Å². The first-order chi connectivity index (χ1) is 6.56. The van der Waals surface area contributed by atoms with Crippen LogP contribution >= 0.6 is 27.5 Å². The number of halogens is 2. The Morgan fingerprint density at radius 2 is 2.21 bits per heavy atom. The molecule has 4 heteroatoms. The number of ketones is 1. The van der Waals surface area contributed by atoms with Gasteiger partial charge in [0.1, 0.15) is 0 Å². The molecule has 0 fully saturated rings. The molecule has 0 spiro atoms. The fraction of sp³-hybridized carbons (Fsp3) is 0.300. The molecule has 0 amide bonds. The number of rotatable bonds is 3. The maximum absolute atomic E-state index is 11.6. The molecule has 0 aliphatic rings. The zero-order valence-electron chi connectivity index (χ0n) is 7.81. The maximum Gasteiger partial charge on any atom is 0.164 e. The van der Waals surface area contributed by atoms with Gasteiger partial charge in [0.25, 0.3) is 0 Å². The number of aryl methyl sites for hydroxylation is 1. The predicted octanol–water partition coefficient (Wildman–Crippen LogP) is 2.94. The first kappa shape index (κ1) is 11.7. The second-order valence-corrected chi connectivity index (χ2v) is 4.30. The van der Waals surface area contributed by atoms with Crippen LogP contribution in [0.5, 0.6) is 0 Å². The Morgan fingerprint density at radius 1 is 1.57 bits per heavy atom. The van der Waals surface area contributed by atoms with E-state index in [0.29, 0.717) is 23.6 Å². The number of Topliss-reactive ketones (excluding diaryl/α,β-unsaturated/α-hetero) is 1. The molecule has 76 valence electrons. The zero-order valence-corrected chi connectivity index (χ0v) is 10.2. The number of carbonyl (C=O) groups is 1. The minimum atomic E-state index is 0.0577. The molecule has 0 aliphatic heterocycles. The molecule has 1 aromatic carbocycles. The van der Waals surface area contributed by atoms with Crippen LogP contribution in [-0.2, 0) is 0 Å². The van der Waals surface area contributed by atoms with Gasteiger partial charge in [0.15, 0.2) is 5.78 Å². The molecule has 0 aromatic heterocycles. The standard InChI is InChI=1S/C10H11BrClNO/c1-6-4-9(12)8(11)5-7(6)10(14)2-3-13/h4-5H,2-3,13H2,1H3. The molecule has 0 saturated heterocycles. The summed E-state index contributed by atoms with van der Waals surface area (Å²) in [6.07, 6.45) is 0.370. The van der Waals surface area contributed by atoms with Gasteiger partial charge in [0.2, 0.25) is 0 Å². The van der Waals surface area contributed by atoms with Crippen molar-refractivity contribution >= 4 is 33.3 Å². The van der Waals surface area contributed by atoms with E-state index in [4.69, 9.17) is 17.3 Å². The normalized spacial score (nSPS) is 10.3. The van der Waals surface area contributed by atoms with Crippen molar-refractivity contribution in [2.75, 3.05) is 6.54 Å². The summed E-state index contributed by atoms with van der Waals surface area (Å²) in [5.74, 6) is 0.0577. The highest BCUT2D eigenvalue weighted by Gasteiger charge is 2.10. The van der Waals surface area contributed by atoms with Crippen LogP contribution in [0.3, 0.4) is 0 Å². The number of hydrogen-bond acceptors (Lipinski definition) is 2. The van der Waals surface area contributed by atoms with E-state index >= 15 is 0 Å². The Bertz CT molecular complexity index is 365. The average molecular weight is 277 g/mol. The summed E-state index contributed by atoms with van der Waals surface area (Å²) in [4.78, 5) is 11.6. The summed E-state index contributed by atoms with van der Waals surface area (Å²) in [7, 11) is 0. The van der Waals surface area contributed by atoms with E-state index in [1.165, 1.54) is 0 Å². The summed E-state index contributed by atoms with van der Waals surface area (Å²) in [6, 6.07) is 3.52. The average Bonchev–Trinajstić information content (AvgIpc) is 2.11. The van der Waals surface area contributed by atoms with Crippen molar-refractivity contribution < 1.29 is 4.79 Å². The third-order valence-electron chi connectivity index (χ3n) is 1.94. The van der Waals surface area contributed by atoms with E-state index in [1.807, 2.05) is 6.92 Å². The monoisotopic (exact) mass is 275 g/mol. The molecule has 1 rings (SSSR count). The van der Waals surface area contributed by atoms with Gasteiger partial charge in [-0.15, -0.1) is 0 Å². The van der Waals surface area contributed by atoms with Crippen molar-refractivity contribution in [1.82, 2.24) is 0 Å². The van der Waals surface area contributed by atoms with E-state index in [0.717, 1.165) is 10.0 Å². The SMILES string of the molecule is Cc1cc(Cl)c(Br)cc1C(=O)CCN. The lowest BCUT2D eigenvalue weighted by atomic mass is 10.0. The largest absolute Gasteiger partial charge is 0.330 e. The van der Waals surface area contributed by atoms with Crippen molar-refractivity contribution in [3.05, 3.63) is 32.8 Å². The molecule has 14 heavy (non-hydrogen) atoms. The number of hydrogen-bond donors (Lipinski definition) is 1. The minimum absolute atomic E-state index is 0.0577. The third kappa shape index (κ3) is 2.56. The van der Waals surface area contributed by atoms with E-state index in [2.05, 4.69) is 15.9 Å². The van der Waals surface area contributed by atoms with Crippen molar-refractivity contribution in [1.29, 1.82) is 0 Å². The quantitative estimate of drug-likeness (QED) is 0.863. The minimum Gasteiger partial charge on any atom is -0.330 e. The highest BCUT2D eigenvalue weighted by atomic mass is 79.9. The molecular formula is C10H11BrClNO. The molecule has 1 aromatic rings. The van der Waals surface area contributed by atoms with Crippen LogP contribution in [0.4, 0.5) is 0 Å². The van der Waals surface area contributed by atoms with Gasteiger partial charge in [-0.1, -0.05) is 11.6 Å². The Kier molecular flexibility index (Phi) is 4.11. The Hall–Kier alpha value is -0.380. The molecule has 0 aliphatic carbocycles. The summed E-state index contributed by atoms with van der Waals surface area (Å²) in [5.41, 5.74) is 6.90. The van der Waals surface area contributed by atoms with E-state index < -0.39 is 0 Å². The number of benzene rings is 1. The van der Waals surface area contributed by atoms with Crippen molar-refractivity contribution in [2.45, 2.75) is 13.3 Å². The van der Waals surface area contributed by atoms with Gasteiger partial charge in [-0.05, 0) is 47.1 Å². The van der Waals surface area contributed by atoms with Crippen LogP contribution < -0.4 is 5.73 Å². The second kappa shape index (κ2) is 4.91. The van der Waals surface area contributed by atoms with Crippen molar-refractivity contribution in [3.63, 3.8) is 0 Å². The summed E-state index contributed by atoms with van der Waals surface area (Å²) < 4.78 is 0.741. The Labute approximate surface area is 96.6 Å². The zero-order chi connectivity index (χ0) is 10.7. The van der Waals surface area contributed by atoms with Crippen LogP contribution in [0, 0.1) is 6.92 Å².